The maximum absolute atomic E-state index is 12.5. The van der Waals surface area contributed by atoms with E-state index in [2.05, 4.69) is 56.4 Å². The van der Waals surface area contributed by atoms with Gasteiger partial charge in [-0.1, -0.05) is 127 Å². The summed E-state index contributed by atoms with van der Waals surface area (Å²) in [6, 6.07) is 0. The summed E-state index contributed by atoms with van der Waals surface area (Å²) in [6.45, 7) is 4.08. The summed E-state index contributed by atoms with van der Waals surface area (Å²) in [5, 5.41) is 0. The molecular formula is C40H72NO8P. The van der Waals surface area contributed by atoms with Gasteiger partial charge in [-0.05, 0) is 51.4 Å². The van der Waals surface area contributed by atoms with E-state index in [0.29, 0.717) is 23.9 Å². The van der Waals surface area contributed by atoms with Gasteiger partial charge < -0.3 is 27.9 Å². The van der Waals surface area contributed by atoms with Crippen LogP contribution < -0.4 is 4.89 Å². The Balaban J connectivity index is 4.49. The molecule has 0 rings (SSSR count). The molecule has 0 saturated heterocycles. The van der Waals surface area contributed by atoms with Crippen molar-refractivity contribution in [3.63, 3.8) is 0 Å². The minimum atomic E-state index is -4.63. The molecule has 1 unspecified atom stereocenters. The van der Waals surface area contributed by atoms with Gasteiger partial charge in [0.05, 0.1) is 27.7 Å². The van der Waals surface area contributed by atoms with E-state index in [4.69, 9.17) is 18.5 Å². The van der Waals surface area contributed by atoms with Crippen molar-refractivity contribution in [2.24, 2.45) is 0 Å². The maximum Gasteiger partial charge on any atom is 0.306 e. The zero-order valence-electron chi connectivity index (χ0n) is 32.3. The minimum Gasteiger partial charge on any atom is -0.756 e. The van der Waals surface area contributed by atoms with Gasteiger partial charge in [-0.15, -0.1) is 0 Å². The van der Waals surface area contributed by atoms with Crippen LogP contribution in [0.1, 0.15) is 142 Å². The number of phosphoric acid groups is 1. The van der Waals surface area contributed by atoms with Crippen molar-refractivity contribution < 1.29 is 42.1 Å². The van der Waals surface area contributed by atoms with E-state index in [9.17, 15) is 19.0 Å². The van der Waals surface area contributed by atoms with E-state index in [1.54, 1.807) is 0 Å². The molecule has 0 radical (unpaired) electrons. The highest BCUT2D eigenvalue weighted by molar-refractivity contribution is 7.45. The van der Waals surface area contributed by atoms with Gasteiger partial charge in [0.15, 0.2) is 6.10 Å². The highest BCUT2D eigenvalue weighted by atomic mass is 31.2. The molecule has 0 aliphatic rings. The maximum atomic E-state index is 12.5. The van der Waals surface area contributed by atoms with Crippen LogP contribution in [0.3, 0.4) is 0 Å². The topological polar surface area (TPSA) is 111 Å². The molecule has 0 N–H and O–H groups in total. The molecule has 0 heterocycles. The molecule has 10 heteroatoms. The van der Waals surface area contributed by atoms with E-state index in [0.717, 1.165) is 44.9 Å². The van der Waals surface area contributed by atoms with Gasteiger partial charge >= 0.3 is 11.9 Å². The summed E-state index contributed by atoms with van der Waals surface area (Å²) in [5.74, 6) is -0.907. The molecule has 9 nitrogen and oxygen atoms in total. The second kappa shape index (κ2) is 32.8. The summed E-state index contributed by atoms with van der Waals surface area (Å²) in [4.78, 5) is 37.2. The zero-order chi connectivity index (χ0) is 37.2. The van der Waals surface area contributed by atoms with E-state index in [1.807, 2.05) is 27.2 Å². The van der Waals surface area contributed by atoms with Crippen LogP contribution in [0.5, 0.6) is 0 Å². The molecule has 50 heavy (non-hydrogen) atoms. The van der Waals surface area contributed by atoms with Crippen LogP contribution in [0.15, 0.2) is 48.6 Å². The summed E-state index contributed by atoms with van der Waals surface area (Å²) < 4.78 is 33.6. The normalized spacial score (nSPS) is 14.3. The smallest absolute Gasteiger partial charge is 0.306 e. The van der Waals surface area contributed by atoms with Crippen molar-refractivity contribution in [2.75, 3.05) is 47.5 Å². The first-order valence-corrected chi connectivity index (χ1v) is 20.8. The van der Waals surface area contributed by atoms with Crippen molar-refractivity contribution >= 4 is 19.8 Å². The highest BCUT2D eigenvalue weighted by Gasteiger charge is 2.21. The van der Waals surface area contributed by atoms with E-state index in [1.165, 1.54) is 57.8 Å². The number of nitrogens with zero attached hydrogens (tertiary/aromatic N) is 1. The Kier molecular flexibility index (Phi) is 31.5. The number of carbonyl (C=O) groups is 2. The van der Waals surface area contributed by atoms with Gasteiger partial charge in [0, 0.05) is 12.8 Å². The Hall–Kier alpha value is -2.03. The molecule has 290 valence electrons. The molecule has 0 fully saturated rings. The molecule has 0 amide bonds. The Bertz CT molecular complexity index is 1000. The average molecular weight is 726 g/mol. The first-order chi connectivity index (χ1) is 24.0. The van der Waals surface area contributed by atoms with Gasteiger partial charge in [0.25, 0.3) is 7.82 Å². The number of ether oxygens (including phenoxy) is 2. The van der Waals surface area contributed by atoms with Crippen molar-refractivity contribution in [1.29, 1.82) is 0 Å². The van der Waals surface area contributed by atoms with E-state index < -0.39 is 32.5 Å². The average Bonchev–Trinajstić information content (AvgIpc) is 3.06. The second-order valence-electron chi connectivity index (χ2n) is 13.9. The number of quaternary nitrogens is 1. The summed E-state index contributed by atoms with van der Waals surface area (Å²) >= 11 is 0. The number of carbonyl (C=O) groups excluding carboxylic acids is 2. The third-order valence-electron chi connectivity index (χ3n) is 7.85. The molecule has 0 aliphatic carbocycles. The van der Waals surface area contributed by atoms with Gasteiger partial charge in [0.1, 0.15) is 19.8 Å². The number of esters is 2. The SMILES string of the molecule is CCCCC/C=C\C/C=C\C/C=C\C/C=C\CCCC(=O)OC[C@H](COP(=O)([O-])OCC[N+](C)(C)C)OC(=O)CCCCCCCCCCC. The lowest BCUT2D eigenvalue weighted by atomic mass is 10.1. The van der Waals surface area contributed by atoms with Crippen molar-refractivity contribution in [1.82, 2.24) is 0 Å². The van der Waals surface area contributed by atoms with Gasteiger partial charge in [-0.2, -0.15) is 0 Å². The van der Waals surface area contributed by atoms with Crippen LogP contribution in [0.25, 0.3) is 0 Å². The fraction of sp³-hybridized carbons (Fsp3) is 0.750. The minimum absolute atomic E-state index is 0.0399. The Morgan fingerprint density at radius 3 is 1.66 bits per heavy atom. The van der Waals surface area contributed by atoms with Gasteiger partial charge in [0.2, 0.25) is 0 Å². The number of unbranched alkanes of at least 4 members (excludes halogenated alkanes) is 12. The van der Waals surface area contributed by atoms with Gasteiger partial charge in [-0.25, -0.2) is 0 Å². The van der Waals surface area contributed by atoms with Crippen molar-refractivity contribution in [3.05, 3.63) is 48.6 Å². The molecule has 0 aromatic rings. The Morgan fingerprint density at radius 1 is 0.620 bits per heavy atom. The van der Waals surface area contributed by atoms with Crippen LogP contribution in [0.4, 0.5) is 0 Å². The summed E-state index contributed by atoms with van der Waals surface area (Å²) in [6.07, 6.45) is 35.8. The largest absolute Gasteiger partial charge is 0.756 e. The Labute approximate surface area is 305 Å². The van der Waals surface area contributed by atoms with Crippen LogP contribution in [0.2, 0.25) is 0 Å². The lowest BCUT2D eigenvalue weighted by molar-refractivity contribution is -0.870. The molecule has 0 saturated carbocycles. The lowest BCUT2D eigenvalue weighted by Crippen LogP contribution is -2.37. The quantitative estimate of drug-likeness (QED) is 0.0212. The number of likely N-dealkylation sites (N-methyl/N-ethyl adjacent to an activating group) is 1. The lowest BCUT2D eigenvalue weighted by Gasteiger charge is -2.28. The van der Waals surface area contributed by atoms with Crippen LogP contribution >= 0.6 is 7.82 Å². The molecule has 2 atom stereocenters. The first kappa shape index (κ1) is 48.0. The van der Waals surface area contributed by atoms with Crippen molar-refractivity contribution in [3.8, 4) is 0 Å². The Morgan fingerprint density at radius 2 is 1.10 bits per heavy atom. The van der Waals surface area contributed by atoms with Crippen LogP contribution in [0, 0.1) is 0 Å². The van der Waals surface area contributed by atoms with Gasteiger partial charge in [-0.3, -0.25) is 14.2 Å². The third-order valence-corrected chi connectivity index (χ3v) is 8.82. The fourth-order valence-corrected chi connectivity index (χ4v) is 5.49. The number of phosphoric ester groups is 1. The van der Waals surface area contributed by atoms with E-state index >= 15 is 0 Å². The number of hydrogen-bond acceptors (Lipinski definition) is 8. The molecule has 0 aliphatic heterocycles. The zero-order valence-corrected chi connectivity index (χ0v) is 33.2. The molecule has 0 aromatic heterocycles. The summed E-state index contributed by atoms with van der Waals surface area (Å²) in [7, 11) is 1.13. The summed E-state index contributed by atoms with van der Waals surface area (Å²) in [5.41, 5.74) is 0. The van der Waals surface area contributed by atoms with Crippen LogP contribution in [-0.4, -0.2) is 70.0 Å². The predicted octanol–water partition coefficient (Wildman–Crippen LogP) is 9.72. The van der Waals surface area contributed by atoms with Crippen molar-refractivity contribution in [2.45, 2.75) is 148 Å². The fourth-order valence-electron chi connectivity index (χ4n) is 4.76. The third kappa shape index (κ3) is 35.8. The molecular weight excluding hydrogens is 653 g/mol. The molecule has 0 bridgehead atoms. The second-order valence-corrected chi connectivity index (χ2v) is 15.4. The number of allylic oxidation sites excluding steroid dienone is 8. The van der Waals surface area contributed by atoms with Crippen LogP contribution in [-0.2, 0) is 32.7 Å². The molecule has 0 aromatic carbocycles. The monoisotopic (exact) mass is 725 g/mol. The standard InChI is InChI=1S/C40H72NO8P/c1-6-8-10-12-14-16-17-18-19-20-21-22-23-25-26-28-30-32-39(42)46-36-38(37-48-50(44,45)47-35-34-41(3,4)5)49-40(43)33-31-29-27-24-15-13-11-9-7-2/h14,16,18-19,21-22,25-26,38H,6-13,15,17,20,23-24,27-37H2,1-5H3/b16-14-,19-18-,22-21-,26-25-/t38-/m1/s1. The van der Waals surface area contributed by atoms with E-state index in [-0.39, 0.29) is 26.1 Å². The number of rotatable bonds is 34. The highest BCUT2D eigenvalue weighted by Crippen LogP contribution is 2.38. The first-order valence-electron chi connectivity index (χ1n) is 19.3. The number of hydrogen-bond donors (Lipinski definition) is 0. The molecule has 0 spiro atoms. The predicted molar refractivity (Wildman–Crippen MR) is 203 cm³/mol.